The summed E-state index contributed by atoms with van der Waals surface area (Å²) in [6, 6.07) is 5.23. The van der Waals surface area contributed by atoms with Crippen LogP contribution in [0.25, 0.3) is 0 Å². The number of hydrogen-bond donors (Lipinski definition) is 0. The van der Waals surface area contributed by atoms with Gasteiger partial charge >= 0.3 is 11.9 Å². The number of hydrogen-bond acceptors (Lipinski definition) is 5. The van der Waals surface area contributed by atoms with Crippen molar-refractivity contribution in [2.75, 3.05) is 21.3 Å². The van der Waals surface area contributed by atoms with Gasteiger partial charge in [0.1, 0.15) is 5.75 Å². The van der Waals surface area contributed by atoms with Crippen LogP contribution in [0.5, 0.6) is 5.75 Å². The Morgan fingerprint density at radius 1 is 1.06 bits per heavy atom. The molecule has 1 aromatic carbocycles. The van der Waals surface area contributed by atoms with Crippen molar-refractivity contribution in [3.8, 4) is 5.75 Å². The van der Waals surface area contributed by atoms with Crippen LogP contribution in [0.3, 0.4) is 0 Å². The normalized spacial score (nSPS) is 10.1. The van der Waals surface area contributed by atoms with Crippen LogP contribution in [0.2, 0.25) is 0 Å². The molecule has 0 saturated carbocycles. The van der Waals surface area contributed by atoms with Crippen LogP contribution in [0, 0.1) is 6.92 Å². The molecule has 1 rings (SSSR count). The summed E-state index contributed by atoms with van der Waals surface area (Å²) in [5.41, 5.74) is 1.35. The summed E-state index contributed by atoms with van der Waals surface area (Å²) < 4.78 is 14.4. The first-order valence-corrected chi connectivity index (χ1v) is 5.35. The molecule has 0 heterocycles. The molecular formula is C13H16O5. The summed E-state index contributed by atoms with van der Waals surface area (Å²) in [6.45, 7) is 1.86. The maximum atomic E-state index is 11.7. The standard InChI is InChI=1S/C13H16O5/c1-8-5-6-10(16-2)9(7-8)11(12(14)17-3)13(15)18-4/h5-7,11H,1-4H3. The Morgan fingerprint density at radius 2 is 1.61 bits per heavy atom. The van der Waals surface area contributed by atoms with E-state index in [9.17, 15) is 9.59 Å². The lowest BCUT2D eigenvalue weighted by molar-refractivity contribution is -0.154. The van der Waals surface area contributed by atoms with E-state index in [-0.39, 0.29) is 0 Å². The van der Waals surface area contributed by atoms with Crippen LogP contribution in [0.15, 0.2) is 18.2 Å². The van der Waals surface area contributed by atoms with E-state index in [0.717, 1.165) is 5.56 Å². The van der Waals surface area contributed by atoms with Gasteiger partial charge in [0, 0.05) is 5.56 Å². The lowest BCUT2D eigenvalue weighted by Crippen LogP contribution is -2.25. The molecule has 0 saturated heterocycles. The third kappa shape index (κ3) is 2.80. The number of benzene rings is 1. The summed E-state index contributed by atoms with van der Waals surface area (Å²) in [4.78, 5) is 23.4. The average Bonchev–Trinajstić information content (AvgIpc) is 2.38. The van der Waals surface area contributed by atoms with Gasteiger partial charge in [-0.1, -0.05) is 17.7 Å². The summed E-state index contributed by atoms with van der Waals surface area (Å²) in [6.07, 6.45) is 0. The quantitative estimate of drug-likeness (QED) is 0.599. The molecule has 5 nitrogen and oxygen atoms in total. The van der Waals surface area contributed by atoms with Crippen LogP contribution in [-0.4, -0.2) is 33.3 Å². The topological polar surface area (TPSA) is 61.8 Å². The van der Waals surface area contributed by atoms with Crippen LogP contribution < -0.4 is 4.74 Å². The third-order valence-corrected chi connectivity index (χ3v) is 2.57. The number of esters is 2. The van der Waals surface area contributed by atoms with E-state index in [1.165, 1.54) is 21.3 Å². The van der Waals surface area contributed by atoms with Crippen molar-refractivity contribution < 1.29 is 23.8 Å². The molecule has 0 spiro atoms. The predicted octanol–water partition coefficient (Wildman–Crippen LogP) is 1.43. The third-order valence-electron chi connectivity index (χ3n) is 2.57. The van der Waals surface area contributed by atoms with Gasteiger partial charge in [0.25, 0.3) is 0 Å². The number of methoxy groups -OCH3 is 3. The molecule has 0 fully saturated rings. The van der Waals surface area contributed by atoms with E-state index in [1.807, 2.05) is 13.0 Å². The molecule has 0 N–H and O–H groups in total. The Kier molecular flexibility index (Phi) is 4.71. The highest BCUT2D eigenvalue weighted by Gasteiger charge is 2.33. The number of carbonyl (C=O) groups excluding carboxylic acids is 2. The van der Waals surface area contributed by atoms with E-state index in [1.54, 1.807) is 12.1 Å². The lowest BCUT2D eigenvalue weighted by atomic mass is 9.96. The second-order valence-corrected chi connectivity index (χ2v) is 3.72. The first kappa shape index (κ1) is 14.0. The molecule has 0 bridgehead atoms. The highest BCUT2D eigenvalue weighted by molar-refractivity contribution is 6.01. The second kappa shape index (κ2) is 6.05. The zero-order valence-electron chi connectivity index (χ0n) is 10.9. The van der Waals surface area contributed by atoms with Gasteiger partial charge in [-0.3, -0.25) is 9.59 Å². The SMILES string of the molecule is COC(=O)C(C(=O)OC)c1cc(C)ccc1OC. The fourth-order valence-electron chi connectivity index (χ4n) is 1.67. The molecule has 0 aliphatic rings. The Balaban J connectivity index is 3.32. The van der Waals surface area contributed by atoms with E-state index in [0.29, 0.717) is 11.3 Å². The van der Waals surface area contributed by atoms with Gasteiger partial charge in [-0.15, -0.1) is 0 Å². The molecule has 0 radical (unpaired) electrons. The average molecular weight is 252 g/mol. The van der Waals surface area contributed by atoms with Crippen molar-refractivity contribution in [3.63, 3.8) is 0 Å². The first-order chi connectivity index (χ1) is 8.54. The number of rotatable bonds is 4. The fraction of sp³-hybridized carbons (Fsp3) is 0.385. The van der Waals surface area contributed by atoms with Crippen molar-refractivity contribution >= 4 is 11.9 Å². The van der Waals surface area contributed by atoms with Gasteiger partial charge in [-0.25, -0.2) is 0 Å². The zero-order chi connectivity index (χ0) is 13.7. The van der Waals surface area contributed by atoms with Gasteiger partial charge in [0.2, 0.25) is 0 Å². The molecule has 1 aromatic rings. The second-order valence-electron chi connectivity index (χ2n) is 3.72. The molecule has 5 heteroatoms. The fourth-order valence-corrected chi connectivity index (χ4v) is 1.67. The molecule has 0 aliphatic heterocycles. The molecule has 0 amide bonds. The number of aryl methyl sites for hydroxylation is 1. The molecule has 0 unspecified atom stereocenters. The highest BCUT2D eigenvalue weighted by Crippen LogP contribution is 2.29. The van der Waals surface area contributed by atoms with Gasteiger partial charge in [0.15, 0.2) is 5.92 Å². The van der Waals surface area contributed by atoms with Crippen molar-refractivity contribution in [2.24, 2.45) is 0 Å². The highest BCUT2D eigenvalue weighted by atomic mass is 16.5. The number of carbonyl (C=O) groups is 2. The molecule has 0 aliphatic carbocycles. The zero-order valence-corrected chi connectivity index (χ0v) is 10.9. The Hall–Kier alpha value is -2.04. The number of ether oxygens (including phenoxy) is 3. The van der Waals surface area contributed by atoms with Crippen molar-refractivity contribution in [1.82, 2.24) is 0 Å². The van der Waals surface area contributed by atoms with Crippen LogP contribution in [0.4, 0.5) is 0 Å². The Morgan fingerprint density at radius 3 is 2.06 bits per heavy atom. The molecule has 98 valence electrons. The maximum absolute atomic E-state index is 11.7. The molecular weight excluding hydrogens is 236 g/mol. The first-order valence-electron chi connectivity index (χ1n) is 5.35. The minimum Gasteiger partial charge on any atom is -0.496 e. The predicted molar refractivity (Wildman–Crippen MR) is 64.5 cm³/mol. The van der Waals surface area contributed by atoms with Crippen LogP contribution >= 0.6 is 0 Å². The van der Waals surface area contributed by atoms with Crippen molar-refractivity contribution in [3.05, 3.63) is 29.3 Å². The summed E-state index contributed by atoms with van der Waals surface area (Å²) in [5, 5.41) is 0. The lowest BCUT2D eigenvalue weighted by Gasteiger charge is -2.16. The van der Waals surface area contributed by atoms with Gasteiger partial charge in [0.05, 0.1) is 21.3 Å². The smallest absolute Gasteiger partial charge is 0.324 e. The molecule has 0 atom stereocenters. The van der Waals surface area contributed by atoms with Gasteiger partial charge < -0.3 is 14.2 Å². The van der Waals surface area contributed by atoms with Crippen LogP contribution in [-0.2, 0) is 19.1 Å². The summed E-state index contributed by atoms with van der Waals surface area (Å²) in [7, 11) is 3.92. The van der Waals surface area contributed by atoms with Crippen LogP contribution in [0.1, 0.15) is 17.0 Å². The van der Waals surface area contributed by atoms with E-state index < -0.39 is 17.9 Å². The van der Waals surface area contributed by atoms with E-state index in [4.69, 9.17) is 4.74 Å². The summed E-state index contributed by atoms with van der Waals surface area (Å²) >= 11 is 0. The van der Waals surface area contributed by atoms with E-state index in [2.05, 4.69) is 9.47 Å². The van der Waals surface area contributed by atoms with Gasteiger partial charge in [-0.2, -0.15) is 0 Å². The Bertz CT molecular complexity index is 437. The molecule has 0 aromatic heterocycles. The summed E-state index contributed by atoms with van der Waals surface area (Å²) in [5.74, 6) is -2.03. The largest absolute Gasteiger partial charge is 0.496 e. The van der Waals surface area contributed by atoms with Crippen molar-refractivity contribution in [2.45, 2.75) is 12.8 Å². The van der Waals surface area contributed by atoms with Gasteiger partial charge in [-0.05, 0) is 13.0 Å². The minimum absolute atomic E-state index is 0.441. The molecule has 18 heavy (non-hydrogen) atoms. The maximum Gasteiger partial charge on any atom is 0.324 e. The van der Waals surface area contributed by atoms with E-state index >= 15 is 0 Å². The monoisotopic (exact) mass is 252 g/mol. The van der Waals surface area contributed by atoms with Crippen molar-refractivity contribution in [1.29, 1.82) is 0 Å². The minimum atomic E-state index is -1.13. The Labute approximate surface area is 106 Å².